The predicted molar refractivity (Wildman–Crippen MR) is 124 cm³/mol. The molecule has 0 bridgehead atoms. The fraction of sp³-hybridized carbons (Fsp3) is 0.476. The number of likely N-dealkylation sites (N-methyl/N-ethyl adjacent to an activating group) is 1. The van der Waals surface area contributed by atoms with Gasteiger partial charge in [-0.1, -0.05) is 11.6 Å². The zero-order valence-electron chi connectivity index (χ0n) is 17.6. The van der Waals surface area contributed by atoms with Gasteiger partial charge in [0.25, 0.3) is 0 Å². The van der Waals surface area contributed by atoms with E-state index in [1.165, 1.54) is 0 Å². The molecule has 0 radical (unpaired) electrons. The summed E-state index contributed by atoms with van der Waals surface area (Å²) in [6.07, 6.45) is 2.17. The SMILES string of the molecule is C=NCc1ccnc(N2CCC(S(=O)(=O)c3ccc(N4CCN(C)CC4)cc3Cl)C2)n1. The van der Waals surface area contributed by atoms with E-state index < -0.39 is 15.1 Å². The second-order valence-corrected chi connectivity index (χ2v) is 10.6. The van der Waals surface area contributed by atoms with Gasteiger partial charge in [0, 0.05) is 51.2 Å². The molecule has 2 saturated heterocycles. The Balaban J connectivity index is 1.50. The molecule has 4 rings (SSSR count). The number of halogens is 1. The van der Waals surface area contributed by atoms with Gasteiger partial charge < -0.3 is 14.7 Å². The normalized spacial score (nSPS) is 20.3. The summed E-state index contributed by atoms with van der Waals surface area (Å²) in [5.74, 6) is 0.523. The van der Waals surface area contributed by atoms with Crippen molar-refractivity contribution < 1.29 is 8.42 Å². The number of piperazine rings is 1. The zero-order chi connectivity index (χ0) is 22.0. The van der Waals surface area contributed by atoms with E-state index in [9.17, 15) is 8.42 Å². The highest BCUT2D eigenvalue weighted by atomic mass is 35.5. The number of aromatic nitrogens is 2. The molecule has 2 aromatic rings. The van der Waals surface area contributed by atoms with Crippen LogP contribution in [0.25, 0.3) is 0 Å². The highest BCUT2D eigenvalue weighted by molar-refractivity contribution is 7.92. The number of nitrogens with zero attached hydrogens (tertiary/aromatic N) is 6. The molecule has 2 fully saturated rings. The Kier molecular flexibility index (Phi) is 6.45. The number of hydrogen-bond donors (Lipinski definition) is 0. The molecular formula is C21H27ClN6O2S. The maximum Gasteiger partial charge on any atom is 0.225 e. The summed E-state index contributed by atoms with van der Waals surface area (Å²) >= 11 is 6.48. The van der Waals surface area contributed by atoms with Crippen LogP contribution < -0.4 is 9.80 Å². The van der Waals surface area contributed by atoms with Gasteiger partial charge in [0.15, 0.2) is 9.84 Å². The van der Waals surface area contributed by atoms with Gasteiger partial charge in [0.05, 0.1) is 27.4 Å². The van der Waals surface area contributed by atoms with Crippen molar-refractivity contribution in [3.05, 3.63) is 41.2 Å². The van der Waals surface area contributed by atoms with Crippen LogP contribution in [0.2, 0.25) is 5.02 Å². The minimum absolute atomic E-state index is 0.199. The van der Waals surface area contributed by atoms with Crippen LogP contribution in [-0.4, -0.2) is 81.6 Å². The highest BCUT2D eigenvalue weighted by Crippen LogP contribution is 2.33. The van der Waals surface area contributed by atoms with Crippen molar-refractivity contribution in [1.82, 2.24) is 14.9 Å². The molecule has 8 nitrogen and oxygen atoms in total. The number of rotatable bonds is 6. The summed E-state index contributed by atoms with van der Waals surface area (Å²) in [5, 5.41) is -0.269. The molecule has 1 unspecified atom stereocenters. The van der Waals surface area contributed by atoms with E-state index in [2.05, 4.69) is 38.5 Å². The first kappa shape index (κ1) is 22.0. The zero-order valence-corrected chi connectivity index (χ0v) is 19.2. The van der Waals surface area contributed by atoms with Gasteiger partial charge in [0.2, 0.25) is 5.95 Å². The maximum absolute atomic E-state index is 13.3. The Morgan fingerprint density at radius 2 is 1.94 bits per heavy atom. The summed E-state index contributed by atoms with van der Waals surface area (Å²) in [7, 11) is -1.47. The molecule has 1 aromatic carbocycles. The van der Waals surface area contributed by atoms with E-state index in [1.807, 2.05) is 11.0 Å². The summed E-state index contributed by atoms with van der Waals surface area (Å²) in [5.41, 5.74) is 1.72. The average molecular weight is 463 g/mol. The minimum Gasteiger partial charge on any atom is -0.369 e. The summed E-state index contributed by atoms with van der Waals surface area (Å²) in [6, 6.07) is 7.08. The molecule has 10 heteroatoms. The largest absolute Gasteiger partial charge is 0.369 e. The van der Waals surface area contributed by atoms with Crippen molar-refractivity contribution in [2.75, 3.05) is 56.1 Å². The van der Waals surface area contributed by atoms with Gasteiger partial charge >= 0.3 is 0 Å². The Hall–Kier alpha value is -2.23. The minimum atomic E-state index is -3.57. The van der Waals surface area contributed by atoms with Crippen molar-refractivity contribution in [1.29, 1.82) is 0 Å². The van der Waals surface area contributed by atoms with Crippen molar-refractivity contribution in [3.63, 3.8) is 0 Å². The molecule has 0 N–H and O–H groups in total. The van der Waals surface area contributed by atoms with Crippen LogP contribution in [0.3, 0.4) is 0 Å². The van der Waals surface area contributed by atoms with E-state index in [0.29, 0.717) is 32.0 Å². The third-order valence-corrected chi connectivity index (χ3v) is 8.59. The molecule has 1 aromatic heterocycles. The molecule has 0 spiro atoms. The van der Waals surface area contributed by atoms with Crippen LogP contribution in [0.15, 0.2) is 40.4 Å². The molecule has 0 amide bonds. The van der Waals surface area contributed by atoms with Crippen molar-refractivity contribution in [2.24, 2.45) is 4.99 Å². The van der Waals surface area contributed by atoms with Crippen molar-refractivity contribution in [2.45, 2.75) is 23.1 Å². The quantitative estimate of drug-likeness (QED) is 0.608. The van der Waals surface area contributed by atoms with Gasteiger partial charge in [-0.25, -0.2) is 18.4 Å². The Bertz CT molecular complexity index is 1060. The van der Waals surface area contributed by atoms with Gasteiger partial charge in [-0.15, -0.1) is 0 Å². The molecule has 166 valence electrons. The standard InChI is InChI=1S/C21H27ClN6O2S/c1-23-14-16-5-7-24-21(25-16)28-8-6-18(15-28)31(29,30)20-4-3-17(13-19(20)22)27-11-9-26(2)10-12-27/h3-5,7,13,18H,1,6,8-12,14-15H2,2H3. The number of sulfone groups is 1. The lowest BCUT2D eigenvalue weighted by atomic mass is 10.2. The maximum atomic E-state index is 13.3. The summed E-state index contributed by atoms with van der Waals surface area (Å²) in [4.78, 5) is 19.2. The lowest BCUT2D eigenvalue weighted by molar-refractivity contribution is 0.313. The number of anilines is 2. The van der Waals surface area contributed by atoms with Crippen LogP contribution in [-0.2, 0) is 16.4 Å². The molecule has 0 saturated carbocycles. The molecule has 2 aliphatic heterocycles. The number of aliphatic imine (C=N–C) groups is 1. The van der Waals surface area contributed by atoms with E-state index in [4.69, 9.17) is 11.6 Å². The van der Waals surface area contributed by atoms with Crippen molar-refractivity contribution in [3.8, 4) is 0 Å². The smallest absolute Gasteiger partial charge is 0.225 e. The molecule has 1 atom stereocenters. The average Bonchev–Trinajstić information content (AvgIpc) is 3.26. The number of benzene rings is 1. The molecule has 3 heterocycles. The highest BCUT2D eigenvalue weighted by Gasteiger charge is 2.36. The van der Waals surface area contributed by atoms with Gasteiger partial charge in [0.1, 0.15) is 0 Å². The van der Waals surface area contributed by atoms with Gasteiger partial charge in [-0.3, -0.25) is 4.99 Å². The fourth-order valence-corrected chi connectivity index (χ4v) is 6.30. The van der Waals surface area contributed by atoms with E-state index in [0.717, 1.165) is 37.6 Å². The molecule has 31 heavy (non-hydrogen) atoms. The Morgan fingerprint density at radius 1 is 1.16 bits per heavy atom. The van der Waals surface area contributed by atoms with Gasteiger partial charge in [-0.2, -0.15) is 0 Å². The Morgan fingerprint density at radius 3 is 2.65 bits per heavy atom. The predicted octanol–water partition coefficient (Wildman–Crippen LogP) is 2.13. The molecule has 0 aliphatic carbocycles. The lowest BCUT2D eigenvalue weighted by Crippen LogP contribution is -2.44. The second-order valence-electron chi connectivity index (χ2n) is 8.04. The van der Waals surface area contributed by atoms with Crippen LogP contribution >= 0.6 is 11.6 Å². The van der Waals surface area contributed by atoms with Crippen LogP contribution in [0.5, 0.6) is 0 Å². The topological polar surface area (TPSA) is 82.0 Å². The second kappa shape index (κ2) is 9.10. The third-order valence-electron chi connectivity index (χ3n) is 5.93. The van der Waals surface area contributed by atoms with Crippen molar-refractivity contribution >= 4 is 39.8 Å². The van der Waals surface area contributed by atoms with Crippen LogP contribution in [0.1, 0.15) is 12.1 Å². The first-order valence-corrected chi connectivity index (χ1v) is 12.3. The fourth-order valence-electron chi connectivity index (χ4n) is 4.06. The first-order valence-electron chi connectivity index (χ1n) is 10.3. The summed E-state index contributed by atoms with van der Waals surface area (Å²) in [6.45, 7) is 8.55. The van der Waals surface area contributed by atoms with Gasteiger partial charge in [-0.05, 0) is 44.5 Å². The number of hydrogen-bond acceptors (Lipinski definition) is 8. The molecule has 2 aliphatic rings. The Labute approximate surface area is 188 Å². The molecular weight excluding hydrogens is 436 g/mol. The van der Waals surface area contributed by atoms with E-state index in [-0.39, 0.29) is 9.92 Å². The van der Waals surface area contributed by atoms with Crippen LogP contribution in [0.4, 0.5) is 11.6 Å². The van der Waals surface area contributed by atoms with Crippen LogP contribution in [0, 0.1) is 0 Å². The van der Waals surface area contributed by atoms with E-state index >= 15 is 0 Å². The lowest BCUT2D eigenvalue weighted by Gasteiger charge is -2.34. The summed E-state index contributed by atoms with van der Waals surface area (Å²) < 4.78 is 26.7. The van der Waals surface area contributed by atoms with E-state index in [1.54, 1.807) is 24.4 Å². The third kappa shape index (κ3) is 4.68. The monoisotopic (exact) mass is 462 g/mol. The first-order chi connectivity index (χ1) is 14.9.